The van der Waals surface area contributed by atoms with Gasteiger partial charge in [0.15, 0.2) is 0 Å². The van der Waals surface area contributed by atoms with E-state index in [9.17, 15) is 0 Å². The SMILES string of the molecule is [Fe].c1ccc(P(CC[N-]CCP(c2ccccc2)c2ccccc2)c2ccccc2)cc1. The summed E-state index contributed by atoms with van der Waals surface area (Å²) in [7, 11) is -0.718. The molecule has 1 nitrogen and oxygen atoms in total. The molecule has 0 bridgehead atoms. The zero-order valence-electron chi connectivity index (χ0n) is 18.1. The molecular weight excluding hydrogens is 468 g/mol. The van der Waals surface area contributed by atoms with Gasteiger partial charge in [-0.15, -0.1) is 13.1 Å². The Hall–Kier alpha value is -1.78. The van der Waals surface area contributed by atoms with Crippen molar-refractivity contribution in [1.29, 1.82) is 0 Å². The van der Waals surface area contributed by atoms with Gasteiger partial charge < -0.3 is 5.32 Å². The summed E-state index contributed by atoms with van der Waals surface area (Å²) in [5.74, 6) is 0. The van der Waals surface area contributed by atoms with Crippen LogP contribution in [-0.2, 0) is 17.1 Å². The molecule has 0 aliphatic rings. The van der Waals surface area contributed by atoms with Gasteiger partial charge in [0, 0.05) is 17.1 Å². The molecule has 0 spiro atoms. The standard InChI is InChI=1S/C28H28NP2.Fe/c1-5-13-25(14-6-1)30(26-15-7-2-8-16-26)23-21-29-22-24-31(27-17-9-3-10-18-27)28-19-11-4-12-20-28;/h1-20H,21-24H2;/q-1;. The summed E-state index contributed by atoms with van der Waals surface area (Å²) in [4.78, 5) is 0. The molecule has 0 radical (unpaired) electrons. The predicted molar refractivity (Wildman–Crippen MR) is 141 cm³/mol. The van der Waals surface area contributed by atoms with Crippen LogP contribution >= 0.6 is 15.8 Å². The molecule has 0 saturated heterocycles. The van der Waals surface area contributed by atoms with Crippen LogP contribution in [0.3, 0.4) is 0 Å². The minimum Gasteiger partial charge on any atom is -0.662 e. The van der Waals surface area contributed by atoms with E-state index >= 15 is 0 Å². The van der Waals surface area contributed by atoms with E-state index in [4.69, 9.17) is 5.32 Å². The Kier molecular flexibility index (Phi) is 10.6. The zero-order chi connectivity index (χ0) is 21.1. The van der Waals surface area contributed by atoms with Crippen LogP contribution in [0.15, 0.2) is 121 Å². The van der Waals surface area contributed by atoms with Gasteiger partial charge in [-0.3, -0.25) is 0 Å². The molecule has 0 aromatic heterocycles. The maximum atomic E-state index is 4.99. The Balaban J connectivity index is 0.00000289. The van der Waals surface area contributed by atoms with Crippen LogP contribution in [0.4, 0.5) is 0 Å². The fraction of sp³-hybridized carbons (Fsp3) is 0.143. The van der Waals surface area contributed by atoms with Crippen LogP contribution in [0, 0.1) is 0 Å². The van der Waals surface area contributed by atoms with Crippen LogP contribution in [-0.4, -0.2) is 25.4 Å². The van der Waals surface area contributed by atoms with E-state index in [0.717, 1.165) is 25.4 Å². The number of rotatable bonds is 10. The first-order valence-electron chi connectivity index (χ1n) is 10.8. The van der Waals surface area contributed by atoms with Crippen molar-refractivity contribution in [3.63, 3.8) is 0 Å². The third-order valence-corrected chi connectivity index (χ3v) is 10.2. The summed E-state index contributed by atoms with van der Waals surface area (Å²) in [5.41, 5.74) is 0. The molecule has 0 saturated carbocycles. The molecule has 0 unspecified atom stereocenters. The Morgan fingerprint density at radius 2 is 0.656 bits per heavy atom. The first-order valence-corrected chi connectivity index (χ1v) is 13.9. The third kappa shape index (κ3) is 7.11. The fourth-order valence-corrected chi connectivity index (χ4v) is 8.14. The molecule has 4 aromatic carbocycles. The van der Waals surface area contributed by atoms with Gasteiger partial charge in [0.25, 0.3) is 0 Å². The van der Waals surface area contributed by atoms with E-state index in [2.05, 4.69) is 121 Å². The van der Waals surface area contributed by atoms with Crippen molar-refractivity contribution < 1.29 is 17.1 Å². The van der Waals surface area contributed by atoms with Gasteiger partial charge in [-0.2, -0.15) is 0 Å². The molecule has 4 heteroatoms. The van der Waals surface area contributed by atoms with Gasteiger partial charge in [0.2, 0.25) is 0 Å². The van der Waals surface area contributed by atoms with Gasteiger partial charge >= 0.3 is 0 Å². The van der Waals surface area contributed by atoms with Crippen molar-refractivity contribution in [3.8, 4) is 0 Å². The average molecular weight is 496 g/mol. The topological polar surface area (TPSA) is 14.1 Å². The van der Waals surface area contributed by atoms with Gasteiger partial charge in [-0.25, -0.2) is 0 Å². The fourth-order valence-electron chi connectivity index (χ4n) is 3.70. The van der Waals surface area contributed by atoms with Crippen molar-refractivity contribution in [1.82, 2.24) is 0 Å². The maximum Gasteiger partial charge on any atom is 0 e. The van der Waals surface area contributed by atoms with Crippen LogP contribution in [0.25, 0.3) is 5.32 Å². The minimum atomic E-state index is -0.359. The molecule has 0 aliphatic heterocycles. The number of nitrogens with zero attached hydrogens (tertiary/aromatic N) is 1. The molecular formula is C28H28FeNP2-. The second-order valence-corrected chi connectivity index (χ2v) is 12.0. The third-order valence-electron chi connectivity index (χ3n) is 5.23. The smallest absolute Gasteiger partial charge is 0 e. The first kappa shape index (κ1) is 24.9. The van der Waals surface area contributed by atoms with Gasteiger partial charge in [-0.1, -0.05) is 121 Å². The summed E-state index contributed by atoms with van der Waals surface area (Å²) in [6, 6.07) is 43.7. The van der Waals surface area contributed by atoms with Crippen LogP contribution < -0.4 is 21.2 Å². The summed E-state index contributed by atoms with van der Waals surface area (Å²) >= 11 is 0. The largest absolute Gasteiger partial charge is 0.662 e. The second kappa shape index (κ2) is 13.7. The quantitative estimate of drug-likeness (QED) is 0.154. The van der Waals surface area contributed by atoms with Crippen molar-refractivity contribution >= 4 is 37.1 Å². The van der Waals surface area contributed by atoms with E-state index in [1.165, 1.54) is 21.2 Å². The molecule has 4 rings (SSSR count). The minimum absolute atomic E-state index is 0. The Morgan fingerprint density at radius 3 is 0.906 bits per heavy atom. The van der Waals surface area contributed by atoms with E-state index < -0.39 is 0 Å². The molecule has 0 amide bonds. The first-order chi connectivity index (χ1) is 15.4. The average Bonchev–Trinajstić information content (AvgIpc) is 2.86. The van der Waals surface area contributed by atoms with Crippen molar-refractivity contribution in [2.24, 2.45) is 0 Å². The van der Waals surface area contributed by atoms with Crippen LogP contribution in [0.2, 0.25) is 0 Å². The van der Waals surface area contributed by atoms with Crippen molar-refractivity contribution in [2.45, 2.75) is 0 Å². The molecule has 32 heavy (non-hydrogen) atoms. The Morgan fingerprint density at radius 1 is 0.406 bits per heavy atom. The molecule has 0 N–H and O–H groups in total. The monoisotopic (exact) mass is 496 g/mol. The molecule has 0 atom stereocenters. The predicted octanol–water partition coefficient (Wildman–Crippen LogP) is 5.62. The normalized spacial score (nSPS) is 10.8. The summed E-state index contributed by atoms with van der Waals surface area (Å²) in [6.07, 6.45) is 2.22. The van der Waals surface area contributed by atoms with E-state index in [1.807, 2.05) is 0 Å². The summed E-state index contributed by atoms with van der Waals surface area (Å²) in [5, 5.41) is 10.7. The second-order valence-electron chi connectivity index (χ2n) is 7.32. The van der Waals surface area contributed by atoms with Gasteiger partial charge in [-0.05, 0) is 49.4 Å². The Bertz CT molecular complexity index is 850. The van der Waals surface area contributed by atoms with E-state index in [0.29, 0.717) is 0 Å². The van der Waals surface area contributed by atoms with Crippen LogP contribution in [0.1, 0.15) is 0 Å². The number of hydrogen-bond donors (Lipinski definition) is 0. The molecule has 4 aromatic rings. The maximum absolute atomic E-state index is 4.99. The van der Waals surface area contributed by atoms with Crippen molar-refractivity contribution in [2.75, 3.05) is 25.4 Å². The number of hydrogen-bond acceptors (Lipinski definition) is 0. The van der Waals surface area contributed by atoms with Gasteiger partial charge in [0.1, 0.15) is 0 Å². The van der Waals surface area contributed by atoms with E-state index in [-0.39, 0.29) is 32.9 Å². The zero-order valence-corrected chi connectivity index (χ0v) is 21.0. The molecule has 164 valence electrons. The molecule has 0 heterocycles. The van der Waals surface area contributed by atoms with Gasteiger partial charge in [0.05, 0.1) is 0 Å². The Labute approximate surface area is 205 Å². The molecule has 0 aliphatic carbocycles. The van der Waals surface area contributed by atoms with E-state index in [1.54, 1.807) is 0 Å². The van der Waals surface area contributed by atoms with Crippen molar-refractivity contribution in [3.05, 3.63) is 127 Å². The summed E-state index contributed by atoms with van der Waals surface area (Å²) < 4.78 is 0. The van der Waals surface area contributed by atoms with Crippen LogP contribution in [0.5, 0.6) is 0 Å². The summed E-state index contributed by atoms with van der Waals surface area (Å²) in [6.45, 7) is 1.84. The molecule has 0 fully saturated rings. The number of benzene rings is 4.